The molecule has 3 nitrogen and oxygen atoms in total. The van der Waals surface area contributed by atoms with Crippen molar-refractivity contribution in [3.05, 3.63) is 60.2 Å². The summed E-state index contributed by atoms with van der Waals surface area (Å²) in [5, 5.41) is 4.58. The quantitative estimate of drug-likeness (QED) is 0.654. The van der Waals surface area contributed by atoms with Crippen LogP contribution in [0.2, 0.25) is 0 Å². The number of nitrogens with two attached hydrogens (primary N) is 1. The van der Waals surface area contributed by atoms with Gasteiger partial charge in [-0.2, -0.15) is 0 Å². The Morgan fingerprint density at radius 1 is 1.00 bits per heavy atom. The molecular weight excluding hydrogens is 222 g/mol. The van der Waals surface area contributed by atoms with Crippen molar-refractivity contribution in [3.8, 4) is 0 Å². The van der Waals surface area contributed by atoms with Crippen molar-refractivity contribution in [1.82, 2.24) is 4.98 Å². The zero-order valence-electron chi connectivity index (χ0n) is 9.98. The van der Waals surface area contributed by atoms with E-state index in [1.807, 2.05) is 36.4 Å². The van der Waals surface area contributed by atoms with Gasteiger partial charge in [0.05, 0.1) is 0 Å². The molecule has 0 radical (unpaired) electrons. The van der Waals surface area contributed by atoms with Gasteiger partial charge >= 0.3 is 0 Å². The maximum absolute atomic E-state index is 5.73. The number of fused-ring (bicyclic) bond motifs is 1. The number of para-hydroxylation sites is 2. The lowest BCUT2D eigenvalue weighted by atomic mass is 10.2. The van der Waals surface area contributed by atoms with Crippen LogP contribution in [-0.4, -0.2) is 4.98 Å². The van der Waals surface area contributed by atoms with Crippen LogP contribution in [0.1, 0.15) is 5.56 Å². The Labute approximate surface area is 106 Å². The van der Waals surface area contributed by atoms with Crippen molar-refractivity contribution in [2.75, 3.05) is 5.32 Å². The number of rotatable bonds is 3. The number of hydrogen-bond acceptors (Lipinski definition) is 2. The molecule has 3 heteroatoms. The number of anilines is 2. The molecule has 0 bridgehead atoms. The molecule has 0 aliphatic rings. The second-order valence-corrected chi connectivity index (χ2v) is 4.26. The van der Waals surface area contributed by atoms with Gasteiger partial charge < -0.3 is 16.0 Å². The van der Waals surface area contributed by atoms with Crippen molar-refractivity contribution >= 4 is 22.4 Å². The van der Waals surface area contributed by atoms with Gasteiger partial charge in [-0.05, 0) is 23.8 Å². The Morgan fingerprint density at radius 2 is 1.78 bits per heavy atom. The number of H-pyrrole nitrogens is 1. The Kier molecular flexibility index (Phi) is 2.74. The normalized spacial score (nSPS) is 10.7. The third-order valence-electron chi connectivity index (χ3n) is 3.04. The molecule has 0 fully saturated rings. The summed E-state index contributed by atoms with van der Waals surface area (Å²) in [6.45, 7) is 0.531. The number of benzene rings is 2. The molecule has 0 saturated carbocycles. The lowest BCUT2D eigenvalue weighted by molar-refractivity contribution is 1.07. The van der Waals surface area contributed by atoms with Crippen LogP contribution in [0, 0.1) is 0 Å². The van der Waals surface area contributed by atoms with E-state index in [0.29, 0.717) is 6.54 Å². The molecule has 0 aliphatic heterocycles. The van der Waals surface area contributed by atoms with Crippen LogP contribution in [0.3, 0.4) is 0 Å². The summed E-state index contributed by atoms with van der Waals surface area (Å²) in [7, 11) is 0. The molecule has 0 saturated heterocycles. The lowest BCUT2D eigenvalue weighted by Crippen LogP contribution is -2.01. The molecule has 1 heterocycles. The average molecular weight is 237 g/mol. The number of hydrogen-bond donors (Lipinski definition) is 3. The smallest absolute Gasteiger partial charge is 0.108 e. The predicted molar refractivity (Wildman–Crippen MR) is 75.9 cm³/mol. The monoisotopic (exact) mass is 237 g/mol. The van der Waals surface area contributed by atoms with Crippen molar-refractivity contribution in [2.45, 2.75) is 6.54 Å². The van der Waals surface area contributed by atoms with Gasteiger partial charge in [-0.3, -0.25) is 0 Å². The predicted octanol–water partition coefficient (Wildman–Crippen LogP) is 3.37. The maximum atomic E-state index is 5.73. The van der Waals surface area contributed by atoms with E-state index in [2.05, 4.69) is 28.5 Å². The minimum Gasteiger partial charge on any atom is -0.342 e. The van der Waals surface area contributed by atoms with Crippen LogP contribution in [-0.2, 0) is 6.54 Å². The van der Waals surface area contributed by atoms with Crippen LogP contribution < -0.4 is 11.1 Å². The van der Waals surface area contributed by atoms with Crippen molar-refractivity contribution in [2.24, 2.45) is 5.73 Å². The first-order chi connectivity index (χ1) is 8.86. The number of aromatic amines is 1. The maximum Gasteiger partial charge on any atom is 0.108 e. The second-order valence-electron chi connectivity index (χ2n) is 4.26. The largest absolute Gasteiger partial charge is 0.342 e. The molecule has 18 heavy (non-hydrogen) atoms. The van der Waals surface area contributed by atoms with E-state index in [4.69, 9.17) is 5.73 Å². The van der Waals surface area contributed by atoms with Crippen molar-refractivity contribution < 1.29 is 0 Å². The van der Waals surface area contributed by atoms with Gasteiger partial charge in [-0.1, -0.05) is 36.4 Å². The number of aromatic nitrogens is 1. The van der Waals surface area contributed by atoms with E-state index in [9.17, 15) is 0 Å². The van der Waals surface area contributed by atoms with Crippen LogP contribution in [0.15, 0.2) is 54.6 Å². The SMILES string of the molecule is NCc1ccccc1Nc1cc2ccccc2[nH]1. The minimum atomic E-state index is 0.531. The summed E-state index contributed by atoms with van der Waals surface area (Å²) in [4.78, 5) is 3.34. The van der Waals surface area contributed by atoms with E-state index >= 15 is 0 Å². The van der Waals surface area contributed by atoms with E-state index < -0.39 is 0 Å². The van der Waals surface area contributed by atoms with Crippen LogP contribution in [0.5, 0.6) is 0 Å². The molecule has 0 spiro atoms. The summed E-state index contributed by atoms with van der Waals surface area (Å²) in [6, 6.07) is 18.4. The Morgan fingerprint density at radius 3 is 2.61 bits per heavy atom. The van der Waals surface area contributed by atoms with E-state index in [0.717, 1.165) is 22.6 Å². The van der Waals surface area contributed by atoms with Gasteiger partial charge in [0.1, 0.15) is 5.82 Å². The highest BCUT2D eigenvalue weighted by molar-refractivity contribution is 5.84. The topological polar surface area (TPSA) is 53.8 Å². The van der Waals surface area contributed by atoms with Gasteiger partial charge in [-0.25, -0.2) is 0 Å². The summed E-state index contributed by atoms with van der Waals surface area (Å²) >= 11 is 0. The average Bonchev–Trinajstić information content (AvgIpc) is 2.81. The molecule has 0 atom stereocenters. The molecule has 0 unspecified atom stereocenters. The van der Waals surface area contributed by atoms with Crippen LogP contribution in [0.4, 0.5) is 11.5 Å². The molecule has 0 aliphatic carbocycles. The summed E-state index contributed by atoms with van der Waals surface area (Å²) < 4.78 is 0. The van der Waals surface area contributed by atoms with Gasteiger partial charge in [-0.15, -0.1) is 0 Å². The zero-order chi connectivity index (χ0) is 12.4. The molecule has 4 N–H and O–H groups in total. The Bertz CT molecular complexity index is 637. The molecule has 1 aromatic heterocycles. The van der Waals surface area contributed by atoms with Crippen molar-refractivity contribution in [1.29, 1.82) is 0 Å². The summed E-state index contributed by atoms with van der Waals surface area (Å²) in [5.41, 5.74) is 9.01. The molecule has 3 rings (SSSR count). The zero-order valence-corrected chi connectivity index (χ0v) is 9.98. The molecule has 0 amide bonds. The summed E-state index contributed by atoms with van der Waals surface area (Å²) in [6.07, 6.45) is 0. The van der Waals surface area contributed by atoms with E-state index in [1.54, 1.807) is 0 Å². The first-order valence-corrected chi connectivity index (χ1v) is 5.99. The van der Waals surface area contributed by atoms with Gasteiger partial charge in [0, 0.05) is 23.1 Å². The first kappa shape index (κ1) is 10.9. The fraction of sp³-hybridized carbons (Fsp3) is 0.0667. The highest BCUT2D eigenvalue weighted by Crippen LogP contribution is 2.23. The van der Waals surface area contributed by atoms with Gasteiger partial charge in [0.2, 0.25) is 0 Å². The standard InChI is InChI=1S/C15H15N3/c16-10-12-6-2-4-8-14(12)18-15-9-11-5-1-3-7-13(11)17-15/h1-9,17-18H,10,16H2. The van der Waals surface area contributed by atoms with Crippen LogP contribution >= 0.6 is 0 Å². The number of nitrogens with one attached hydrogen (secondary N) is 2. The Balaban J connectivity index is 1.96. The van der Waals surface area contributed by atoms with E-state index in [1.165, 1.54) is 5.39 Å². The van der Waals surface area contributed by atoms with Gasteiger partial charge in [0.15, 0.2) is 0 Å². The third kappa shape index (κ3) is 1.96. The summed E-state index contributed by atoms with van der Waals surface area (Å²) in [5.74, 6) is 0.983. The van der Waals surface area contributed by atoms with Gasteiger partial charge in [0.25, 0.3) is 0 Å². The lowest BCUT2D eigenvalue weighted by Gasteiger charge is -2.08. The molecule has 2 aromatic carbocycles. The van der Waals surface area contributed by atoms with Crippen LogP contribution in [0.25, 0.3) is 10.9 Å². The highest BCUT2D eigenvalue weighted by atomic mass is 15.0. The Hall–Kier alpha value is -2.26. The molecule has 90 valence electrons. The first-order valence-electron chi connectivity index (χ1n) is 5.99. The minimum absolute atomic E-state index is 0.531. The second kappa shape index (κ2) is 4.55. The third-order valence-corrected chi connectivity index (χ3v) is 3.04. The fourth-order valence-electron chi connectivity index (χ4n) is 2.11. The van der Waals surface area contributed by atoms with E-state index in [-0.39, 0.29) is 0 Å². The molecule has 3 aromatic rings. The van der Waals surface area contributed by atoms with Crippen molar-refractivity contribution in [3.63, 3.8) is 0 Å². The highest BCUT2D eigenvalue weighted by Gasteiger charge is 2.03. The molecular formula is C15H15N3. The fourth-order valence-corrected chi connectivity index (χ4v) is 2.11.